The van der Waals surface area contributed by atoms with Gasteiger partial charge in [0.05, 0.1) is 31.8 Å². The second-order valence-electron chi connectivity index (χ2n) is 7.26. The van der Waals surface area contributed by atoms with Crippen LogP contribution in [0.2, 0.25) is 0 Å². The SMILES string of the molecule is O=C(Cc1ccc(F)cc1)N1CC2(C1)OCc1nc(-c3ccccc3)ncc12. The number of rotatable bonds is 3. The highest BCUT2D eigenvalue weighted by Crippen LogP contribution is 2.43. The summed E-state index contributed by atoms with van der Waals surface area (Å²) in [4.78, 5) is 23.5. The highest BCUT2D eigenvalue weighted by molar-refractivity contribution is 5.80. The zero-order valence-electron chi connectivity index (χ0n) is 15.1. The average molecular weight is 375 g/mol. The van der Waals surface area contributed by atoms with Crippen molar-refractivity contribution >= 4 is 5.91 Å². The minimum atomic E-state index is -0.497. The third-order valence-corrected chi connectivity index (χ3v) is 5.39. The van der Waals surface area contributed by atoms with Crippen LogP contribution < -0.4 is 0 Å². The molecule has 0 atom stereocenters. The summed E-state index contributed by atoms with van der Waals surface area (Å²) in [6.45, 7) is 1.42. The van der Waals surface area contributed by atoms with Crippen molar-refractivity contribution in [1.29, 1.82) is 0 Å². The summed E-state index contributed by atoms with van der Waals surface area (Å²) in [5, 5.41) is 0. The van der Waals surface area contributed by atoms with Crippen LogP contribution in [0.4, 0.5) is 4.39 Å². The van der Waals surface area contributed by atoms with Gasteiger partial charge in [0.25, 0.3) is 0 Å². The van der Waals surface area contributed by atoms with E-state index < -0.39 is 5.60 Å². The third-order valence-electron chi connectivity index (χ3n) is 5.39. The first-order chi connectivity index (χ1) is 13.6. The molecule has 28 heavy (non-hydrogen) atoms. The molecule has 1 spiro atoms. The Morgan fingerprint density at radius 2 is 1.86 bits per heavy atom. The van der Waals surface area contributed by atoms with Gasteiger partial charge in [-0.1, -0.05) is 42.5 Å². The van der Waals surface area contributed by atoms with Crippen molar-refractivity contribution in [3.8, 4) is 11.4 Å². The van der Waals surface area contributed by atoms with Crippen molar-refractivity contribution in [2.24, 2.45) is 0 Å². The number of amides is 1. The standard InChI is InChI=1S/C22H18FN3O2/c23-17-8-6-15(7-9-17)10-20(27)26-13-22(14-26)18-11-24-21(25-19(18)12-28-22)16-4-2-1-3-5-16/h1-9,11H,10,12-14H2. The van der Waals surface area contributed by atoms with Crippen LogP contribution in [0.15, 0.2) is 60.8 Å². The zero-order valence-corrected chi connectivity index (χ0v) is 15.1. The summed E-state index contributed by atoms with van der Waals surface area (Å²) < 4.78 is 19.1. The highest BCUT2D eigenvalue weighted by Gasteiger charge is 2.52. The lowest BCUT2D eigenvalue weighted by molar-refractivity contribution is -0.168. The maximum atomic E-state index is 13.0. The summed E-state index contributed by atoms with van der Waals surface area (Å²) in [6, 6.07) is 15.9. The van der Waals surface area contributed by atoms with E-state index in [-0.39, 0.29) is 18.1 Å². The number of carbonyl (C=O) groups excluding carboxylic acids is 1. The fourth-order valence-corrected chi connectivity index (χ4v) is 3.82. The molecule has 140 valence electrons. The van der Waals surface area contributed by atoms with E-state index in [9.17, 15) is 9.18 Å². The number of hydrogen-bond acceptors (Lipinski definition) is 4. The number of carbonyl (C=O) groups is 1. The molecule has 1 amide bonds. The van der Waals surface area contributed by atoms with Crippen molar-refractivity contribution in [3.05, 3.63) is 83.4 Å². The molecule has 2 aliphatic heterocycles. The first-order valence-electron chi connectivity index (χ1n) is 9.21. The van der Waals surface area contributed by atoms with E-state index in [1.54, 1.807) is 17.0 Å². The van der Waals surface area contributed by atoms with Gasteiger partial charge in [0.15, 0.2) is 5.82 Å². The zero-order chi connectivity index (χ0) is 19.1. The maximum Gasteiger partial charge on any atom is 0.227 e. The fraction of sp³-hybridized carbons (Fsp3) is 0.227. The average Bonchev–Trinajstić information content (AvgIpc) is 3.08. The van der Waals surface area contributed by atoms with Gasteiger partial charge in [0, 0.05) is 17.3 Å². The van der Waals surface area contributed by atoms with Gasteiger partial charge in [0.2, 0.25) is 5.91 Å². The Morgan fingerprint density at radius 1 is 1.11 bits per heavy atom. The Balaban J connectivity index is 1.29. The minimum absolute atomic E-state index is 0.0103. The van der Waals surface area contributed by atoms with Crippen LogP contribution in [0.25, 0.3) is 11.4 Å². The molecule has 0 radical (unpaired) electrons. The molecule has 3 aromatic rings. The quantitative estimate of drug-likeness (QED) is 0.706. The van der Waals surface area contributed by atoms with Gasteiger partial charge >= 0.3 is 0 Å². The topological polar surface area (TPSA) is 55.3 Å². The van der Waals surface area contributed by atoms with Gasteiger partial charge in [-0.15, -0.1) is 0 Å². The van der Waals surface area contributed by atoms with Gasteiger partial charge in [-0.3, -0.25) is 4.79 Å². The van der Waals surface area contributed by atoms with Crippen LogP contribution in [0.1, 0.15) is 16.8 Å². The highest BCUT2D eigenvalue weighted by atomic mass is 19.1. The number of hydrogen-bond donors (Lipinski definition) is 0. The van der Waals surface area contributed by atoms with E-state index >= 15 is 0 Å². The van der Waals surface area contributed by atoms with Crippen molar-refractivity contribution < 1.29 is 13.9 Å². The fourth-order valence-electron chi connectivity index (χ4n) is 3.82. The van der Waals surface area contributed by atoms with Gasteiger partial charge < -0.3 is 9.64 Å². The molecule has 5 nitrogen and oxygen atoms in total. The molecule has 1 saturated heterocycles. The van der Waals surface area contributed by atoms with Crippen LogP contribution in [0.3, 0.4) is 0 Å². The minimum Gasteiger partial charge on any atom is -0.360 e. The summed E-state index contributed by atoms with van der Waals surface area (Å²) in [7, 11) is 0. The molecular formula is C22H18FN3O2. The Bertz CT molecular complexity index is 1030. The van der Waals surface area contributed by atoms with Crippen molar-refractivity contribution in [1.82, 2.24) is 14.9 Å². The number of likely N-dealkylation sites (tertiary alicyclic amines) is 1. The van der Waals surface area contributed by atoms with E-state index in [1.807, 2.05) is 36.5 Å². The summed E-state index contributed by atoms with van der Waals surface area (Å²) in [5.74, 6) is 0.393. The van der Waals surface area contributed by atoms with Crippen LogP contribution in [-0.4, -0.2) is 33.9 Å². The van der Waals surface area contributed by atoms with Crippen molar-refractivity contribution in [2.45, 2.75) is 18.6 Å². The monoisotopic (exact) mass is 375 g/mol. The van der Waals surface area contributed by atoms with Crippen LogP contribution >= 0.6 is 0 Å². The molecule has 0 unspecified atom stereocenters. The van der Waals surface area contributed by atoms with E-state index in [2.05, 4.69) is 9.97 Å². The van der Waals surface area contributed by atoms with Gasteiger partial charge in [-0.05, 0) is 17.7 Å². The molecule has 6 heteroatoms. The molecule has 0 aliphatic carbocycles. The second-order valence-corrected chi connectivity index (χ2v) is 7.26. The predicted molar refractivity (Wildman–Crippen MR) is 101 cm³/mol. The van der Waals surface area contributed by atoms with E-state index in [0.717, 1.165) is 22.4 Å². The Hall–Kier alpha value is -3.12. The molecule has 0 bridgehead atoms. The number of ether oxygens (including phenoxy) is 1. The molecular weight excluding hydrogens is 357 g/mol. The second kappa shape index (κ2) is 6.49. The molecule has 0 saturated carbocycles. The number of halogens is 1. The Morgan fingerprint density at radius 3 is 2.61 bits per heavy atom. The molecule has 1 aromatic heterocycles. The molecule has 0 N–H and O–H groups in total. The summed E-state index contributed by atoms with van der Waals surface area (Å²) in [5.41, 5.74) is 3.13. The number of aromatic nitrogens is 2. The molecule has 2 aromatic carbocycles. The third kappa shape index (κ3) is 2.86. The number of fused-ring (bicyclic) bond motifs is 2. The summed E-state index contributed by atoms with van der Waals surface area (Å²) in [6.07, 6.45) is 2.09. The van der Waals surface area contributed by atoms with E-state index in [4.69, 9.17) is 4.74 Å². The van der Waals surface area contributed by atoms with Crippen LogP contribution in [0, 0.1) is 5.82 Å². The lowest BCUT2D eigenvalue weighted by atomic mass is 9.87. The Labute approximate surface area is 161 Å². The largest absolute Gasteiger partial charge is 0.360 e. The van der Waals surface area contributed by atoms with Crippen molar-refractivity contribution in [3.63, 3.8) is 0 Å². The molecule has 3 heterocycles. The Kier molecular flexibility index (Phi) is 3.94. The van der Waals surface area contributed by atoms with Crippen LogP contribution in [-0.2, 0) is 28.2 Å². The predicted octanol–water partition coefficient (Wildman–Crippen LogP) is 3.09. The number of benzene rings is 2. The summed E-state index contributed by atoms with van der Waals surface area (Å²) >= 11 is 0. The number of nitrogens with zero attached hydrogens (tertiary/aromatic N) is 3. The lowest BCUT2D eigenvalue weighted by Gasteiger charge is -2.47. The van der Waals surface area contributed by atoms with E-state index in [1.165, 1.54) is 12.1 Å². The van der Waals surface area contributed by atoms with E-state index in [0.29, 0.717) is 25.5 Å². The lowest BCUT2D eigenvalue weighted by Crippen LogP contribution is -2.61. The van der Waals surface area contributed by atoms with Crippen molar-refractivity contribution in [2.75, 3.05) is 13.1 Å². The molecule has 5 rings (SSSR count). The first-order valence-corrected chi connectivity index (χ1v) is 9.21. The van der Waals surface area contributed by atoms with Gasteiger partial charge in [-0.2, -0.15) is 0 Å². The molecule has 2 aliphatic rings. The maximum absolute atomic E-state index is 13.0. The molecule has 1 fully saturated rings. The smallest absolute Gasteiger partial charge is 0.227 e. The normalized spacial score (nSPS) is 16.7. The van der Waals surface area contributed by atoms with Crippen LogP contribution in [0.5, 0.6) is 0 Å². The first kappa shape index (κ1) is 17.0. The van der Waals surface area contributed by atoms with Gasteiger partial charge in [0.1, 0.15) is 11.4 Å². The van der Waals surface area contributed by atoms with Gasteiger partial charge in [-0.25, -0.2) is 14.4 Å².